The predicted octanol–water partition coefficient (Wildman–Crippen LogP) is 5.20. The Morgan fingerprint density at radius 1 is 1.00 bits per heavy atom. The Hall–Kier alpha value is -3.06. The zero-order chi connectivity index (χ0) is 18.7. The SMILES string of the molecule is O=C(Nc1cc(F)c(F)cc1F)c1cccnc1Oc1cccc(Cl)c1. The summed E-state index contributed by atoms with van der Waals surface area (Å²) >= 11 is 5.88. The van der Waals surface area contributed by atoms with E-state index < -0.39 is 29.0 Å². The van der Waals surface area contributed by atoms with Gasteiger partial charge in [-0.25, -0.2) is 18.2 Å². The van der Waals surface area contributed by atoms with Crippen molar-refractivity contribution in [2.75, 3.05) is 5.32 Å². The van der Waals surface area contributed by atoms with Crippen molar-refractivity contribution in [3.63, 3.8) is 0 Å². The van der Waals surface area contributed by atoms with Gasteiger partial charge in [-0.2, -0.15) is 0 Å². The zero-order valence-corrected chi connectivity index (χ0v) is 13.7. The summed E-state index contributed by atoms with van der Waals surface area (Å²) in [5, 5.41) is 2.59. The van der Waals surface area contributed by atoms with E-state index in [1.807, 2.05) is 0 Å². The van der Waals surface area contributed by atoms with Crippen molar-refractivity contribution in [2.45, 2.75) is 0 Å². The predicted molar refractivity (Wildman–Crippen MR) is 90.0 cm³/mol. The molecule has 4 nitrogen and oxygen atoms in total. The number of ether oxygens (including phenoxy) is 1. The van der Waals surface area contributed by atoms with E-state index in [2.05, 4.69) is 10.3 Å². The number of pyridine rings is 1. The van der Waals surface area contributed by atoms with Gasteiger partial charge in [0.15, 0.2) is 11.6 Å². The molecule has 0 bridgehead atoms. The van der Waals surface area contributed by atoms with Crippen molar-refractivity contribution in [1.29, 1.82) is 0 Å². The topological polar surface area (TPSA) is 51.2 Å². The summed E-state index contributed by atoms with van der Waals surface area (Å²) in [4.78, 5) is 16.4. The van der Waals surface area contributed by atoms with Gasteiger partial charge in [0.05, 0.1) is 5.69 Å². The summed E-state index contributed by atoms with van der Waals surface area (Å²) in [5.74, 6) is -4.28. The maximum absolute atomic E-state index is 13.7. The summed E-state index contributed by atoms with van der Waals surface area (Å²) in [6.45, 7) is 0. The number of hydrogen-bond donors (Lipinski definition) is 1. The highest BCUT2D eigenvalue weighted by atomic mass is 35.5. The highest BCUT2D eigenvalue weighted by Gasteiger charge is 2.18. The van der Waals surface area contributed by atoms with Gasteiger partial charge in [0.2, 0.25) is 5.88 Å². The van der Waals surface area contributed by atoms with Crippen LogP contribution in [0.2, 0.25) is 5.02 Å². The highest BCUT2D eigenvalue weighted by Crippen LogP contribution is 2.26. The summed E-state index contributed by atoms with van der Waals surface area (Å²) in [7, 11) is 0. The van der Waals surface area contributed by atoms with Gasteiger partial charge < -0.3 is 10.1 Å². The number of nitrogens with one attached hydrogen (secondary N) is 1. The van der Waals surface area contributed by atoms with Gasteiger partial charge in [0, 0.05) is 23.4 Å². The molecule has 0 aliphatic carbocycles. The van der Waals surface area contributed by atoms with Crippen molar-refractivity contribution in [2.24, 2.45) is 0 Å². The zero-order valence-electron chi connectivity index (χ0n) is 13.0. The van der Waals surface area contributed by atoms with Gasteiger partial charge >= 0.3 is 0 Å². The first-order valence-electron chi connectivity index (χ1n) is 7.28. The summed E-state index contributed by atoms with van der Waals surface area (Å²) in [5.41, 5.74) is -0.539. The number of anilines is 1. The van der Waals surface area contributed by atoms with Gasteiger partial charge in [-0.3, -0.25) is 4.79 Å². The lowest BCUT2D eigenvalue weighted by molar-refractivity contribution is 0.102. The van der Waals surface area contributed by atoms with Crippen LogP contribution in [0.4, 0.5) is 18.9 Å². The van der Waals surface area contributed by atoms with E-state index in [4.69, 9.17) is 16.3 Å². The van der Waals surface area contributed by atoms with Crippen LogP contribution >= 0.6 is 11.6 Å². The molecule has 132 valence electrons. The number of aromatic nitrogens is 1. The number of halogens is 4. The number of hydrogen-bond acceptors (Lipinski definition) is 3. The first kappa shape index (κ1) is 17.8. The van der Waals surface area contributed by atoms with Crippen molar-refractivity contribution in [3.8, 4) is 11.6 Å². The summed E-state index contributed by atoms with van der Waals surface area (Å²) < 4.78 is 45.5. The van der Waals surface area contributed by atoms with Gasteiger partial charge in [0.25, 0.3) is 5.91 Å². The lowest BCUT2D eigenvalue weighted by atomic mass is 10.2. The number of rotatable bonds is 4. The molecule has 0 radical (unpaired) electrons. The molecule has 0 unspecified atom stereocenters. The second kappa shape index (κ2) is 7.45. The number of carbonyl (C=O) groups is 1. The molecule has 0 aliphatic rings. The van der Waals surface area contributed by atoms with Crippen LogP contribution < -0.4 is 10.1 Å². The molecule has 3 rings (SSSR count). The Kier molecular flexibility index (Phi) is 5.09. The quantitative estimate of drug-likeness (QED) is 0.635. The van der Waals surface area contributed by atoms with Crippen molar-refractivity contribution < 1.29 is 22.7 Å². The largest absolute Gasteiger partial charge is 0.438 e. The molecule has 0 fully saturated rings. The Bertz CT molecular complexity index is 982. The van der Waals surface area contributed by atoms with Crippen LogP contribution in [-0.2, 0) is 0 Å². The van der Waals surface area contributed by atoms with E-state index in [0.29, 0.717) is 22.9 Å². The molecule has 2 aromatic carbocycles. The lowest BCUT2D eigenvalue weighted by Crippen LogP contribution is -2.15. The average Bonchev–Trinajstić information content (AvgIpc) is 2.60. The fourth-order valence-corrected chi connectivity index (χ4v) is 2.28. The van der Waals surface area contributed by atoms with Gasteiger partial charge in [-0.1, -0.05) is 17.7 Å². The molecule has 26 heavy (non-hydrogen) atoms. The summed E-state index contributed by atoms with van der Waals surface area (Å²) in [6.07, 6.45) is 1.40. The molecule has 8 heteroatoms. The molecule has 1 amide bonds. The minimum Gasteiger partial charge on any atom is -0.438 e. The van der Waals surface area contributed by atoms with E-state index in [-0.39, 0.29) is 11.4 Å². The minimum absolute atomic E-state index is 0.0309. The van der Waals surface area contributed by atoms with E-state index >= 15 is 0 Å². The molecule has 1 heterocycles. The van der Waals surface area contributed by atoms with E-state index in [9.17, 15) is 18.0 Å². The van der Waals surface area contributed by atoms with Crippen molar-refractivity contribution >= 4 is 23.2 Å². The standard InChI is InChI=1S/C18H10ClF3N2O2/c19-10-3-1-4-11(7-10)26-18-12(5-2-6-23-18)17(25)24-16-9-14(21)13(20)8-15(16)22/h1-9H,(H,24,25). The monoisotopic (exact) mass is 378 g/mol. The highest BCUT2D eigenvalue weighted by molar-refractivity contribution is 6.30. The maximum atomic E-state index is 13.7. The van der Waals surface area contributed by atoms with Crippen LogP contribution in [0.25, 0.3) is 0 Å². The molecule has 1 aromatic heterocycles. The Labute approximate surface area is 151 Å². The van der Waals surface area contributed by atoms with E-state index in [1.165, 1.54) is 24.4 Å². The van der Waals surface area contributed by atoms with Gasteiger partial charge in [-0.05, 0) is 30.3 Å². The van der Waals surface area contributed by atoms with Crippen LogP contribution in [0.15, 0.2) is 54.7 Å². The van der Waals surface area contributed by atoms with Gasteiger partial charge in [0.1, 0.15) is 17.1 Å². The second-order valence-corrected chi connectivity index (χ2v) is 5.55. The molecule has 0 aliphatic heterocycles. The van der Waals surface area contributed by atoms with E-state index in [0.717, 1.165) is 0 Å². The average molecular weight is 379 g/mol. The third-order valence-electron chi connectivity index (χ3n) is 3.28. The normalized spacial score (nSPS) is 10.5. The van der Waals surface area contributed by atoms with Crippen LogP contribution in [-0.4, -0.2) is 10.9 Å². The number of nitrogens with zero attached hydrogens (tertiary/aromatic N) is 1. The number of carbonyl (C=O) groups excluding carboxylic acids is 1. The van der Waals surface area contributed by atoms with Crippen molar-refractivity contribution in [1.82, 2.24) is 4.98 Å². The third-order valence-corrected chi connectivity index (χ3v) is 3.52. The first-order chi connectivity index (χ1) is 12.4. The third kappa shape index (κ3) is 3.94. The van der Waals surface area contributed by atoms with Crippen LogP contribution in [0.5, 0.6) is 11.6 Å². The summed E-state index contributed by atoms with van der Waals surface area (Å²) in [6, 6.07) is 10.2. The van der Waals surface area contributed by atoms with E-state index in [1.54, 1.807) is 18.2 Å². The smallest absolute Gasteiger partial charge is 0.261 e. The second-order valence-electron chi connectivity index (χ2n) is 5.12. The minimum atomic E-state index is -1.35. The molecule has 0 saturated carbocycles. The molecular weight excluding hydrogens is 369 g/mol. The molecule has 0 saturated heterocycles. The number of amides is 1. The van der Waals surface area contributed by atoms with Crippen molar-refractivity contribution in [3.05, 3.63) is 82.8 Å². The molecule has 3 aromatic rings. The fraction of sp³-hybridized carbons (Fsp3) is 0. The first-order valence-corrected chi connectivity index (χ1v) is 7.66. The molecule has 0 atom stereocenters. The fourth-order valence-electron chi connectivity index (χ4n) is 2.10. The Morgan fingerprint density at radius 3 is 2.54 bits per heavy atom. The lowest BCUT2D eigenvalue weighted by Gasteiger charge is -2.11. The molecule has 1 N–H and O–H groups in total. The molecular formula is C18H10ClF3N2O2. The Morgan fingerprint density at radius 2 is 1.77 bits per heavy atom. The number of benzene rings is 2. The van der Waals surface area contributed by atoms with Crippen LogP contribution in [0.3, 0.4) is 0 Å². The van der Waals surface area contributed by atoms with Crippen LogP contribution in [0, 0.1) is 17.5 Å². The molecule has 0 spiro atoms. The van der Waals surface area contributed by atoms with Crippen LogP contribution in [0.1, 0.15) is 10.4 Å². The maximum Gasteiger partial charge on any atom is 0.261 e. The Balaban J connectivity index is 1.87. The van der Waals surface area contributed by atoms with Gasteiger partial charge in [-0.15, -0.1) is 0 Å².